The summed E-state index contributed by atoms with van der Waals surface area (Å²) in [7, 11) is 0. The van der Waals surface area contributed by atoms with Crippen molar-refractivity contribution < 1.29 is 4.42 Å². The normalized spacial score (nSPS) is 11.8. The first-order valence-electron chi connectivity index (χ1n) is 14.4. The molecule has 0 aliphatic heterocycles. The predicted octanol–water partition coefficient (Wildman–Crippen LogP) is 8.34. The second-order valence-electron chi connectivity index (χ2n) is 11.0. The topological polar surface area (TPSA) is 72.9 Å². The molecule has 9 rings (SSSR count). The van der Waals surface area contributed by atoms with Crippen molar-refractivity contribution in [3.05, 3.63) is 154 Å². The fourth-order valence-corrected chi connectivity index (χ4v) is 6.42. The Labute approximate surface area is 249 Å². The average Bonchev–Trinajstić information content (AvgIpc) is 3.61. The van der Waals surface area contributed by atoms with Crippen LogP contribution in [0.5, 0.6) is 0 Å². The predicted molar refractivity (Wildman–Crippen MR) is 177 cm³/mol. The second kappa shape index (κ2) is 9.18. The molecule has 0 bridgehead atoms. The number of benzene rings is 6. The van der Waals surface area contributed by atoms with E-state index in [2.05, 4.69) is 41.4 Å². The van der Waals surface area contributed by atoms with Crippen molar-refractivity contribution in [3.8, 4) is 22.5 Å². The number of H-pyrrole nitrogens is 1. The van der Waals surface area contributed by atoms with Gasteiger partial charge in [0, 0.05) is 32.6 Å². The Morgan fingerprint density at radius 3 is 1.89 bits per heavy atom. The van der Waals surface area contributed by atoms with E-state index in [1.54, 1.807) is 16.7 Å². The Hall–Kier alpha value is -6.14. The average molecular weight is 570 g/mol. The highest BCUT2D eigenvalue weighted by Crippen LogP contribution is 2.36. The van der Waals surface area contributed by atoms with Crippen molar-refractivity contribution in [3.63, 3.8) is 0 Å². The van der Waals surface area contributed by atoms with Crippen LogP contribution in [0, 0.1) is 0 Å². The Bertz CT molecular complexity index is 2700. The van der Waals surface area contributed by atoms with E-state index in [9.17, 15) is 9.59 Å². The van der Waals surface area contributed by atoms with Crippen LogP contribution in [0.1, 0.15) is 0 Å². The summed E-state index contributed by atoms with van der Waals surface area (Å²) in [6.45, 7) is 0. The number of furan rings is 1. The summed E-state index contributed by atoms with van der Waals surface area (Å²) in [5.41, 5.74) is 6.62. The minimum Gasteiger partial charge on any atom is -0.456 e. The fourth-order valence-electron chi connectivity index (χ4n) is 6.42. The van der Waals surface area contributed by atoms with Gasteiger partial charge in [-0.15, -0.1) is 0 Å². The van der Waals surface area contributed by atoms with Crippen LogP contribution in [0.2, 0.25) is 0 Å². The lowest BCUT2D eigenvalue weighted by Gasteiger charge is -2.15. The molecule has 0 aliphatic rings. The van der Waals surface area contributed by atoms with Gasteiger partial charge in [-0.3, -0.25) is 9.36 Å². The molecule has 0 fully saturated rings. The van der Waals surface area contributed by atoms with Crippen LogP contribution in [-0.2, 0) is 0 Å². The number of nitrogens with zero attached hydrogens (tertiary/aromatic N) is 2. The minimum atomic E-state index is -0.412. The van der Waals surface area contributed by atoms with Crippen molar-refractivity contribution in [1.29, 1.82) is 0 Å². The van der Waals surface area contributed by atoms with Crippen LogP contribution in [0.4, 0.5) is 0 Å². The molecule has 0 aliphatic carbocycles. The maximum Gasteiger partial charge on any atom is 0.340 e. The number of rotatable bonds is 3. The molecule has 3 aromatic heterocycles. The lowest BCUT2D eigenvalue weighted by atomic mass is 10.0. The first-order valence-corrected chi connectivity index (χ1v) is 14.4. The molecule has 6 aromatic carbocycles. The number of hydrogen-bond donors (Lipinski definition) is 1. The van der Waals surface area contributed by atoms with Crippen LogP contribution >= 0.6 is 0 Å². The fraction of sp³-hybridized carbons (Fsp3) is 0. The number of nitrogens with one attached hydrogen (secondary N) is 1. The van der Waals surface area contributed by atoms with Gasteiger partial charge >= 0.3 is 5.69 Å². The zero-order chi connectivity index (χ0) is 29.4. The molecule has 0 atom stereocenters. The maximum absolute atomic E-state index is 14.0. The summed E-state index contributed by atoms with van der Waals surface area (Å²) in [4.78, 5) is 31.4. The van der Waals surface area contributed by atoms with Gasteiger partial charge in [-0.05, 0) is 77.9 Å². The molecule has 9 aromatic rings. The van der Waals surface area contributed by atoms with E-state index in [0.29, 0.717) is 22.3 Å². The van der Waals surface area contributed by atoms with Gasteiger partial charge in [-0.1, -0.05) is 66.7 Å². The SMILES string of the molecule is O=c1c2cc(-c3ccc4[nH]c5cc6c(cc5c4c3)oc3ccccc36)ccc2n(-c2ccccc2)c(=O)n1-c1ccccc1. The van der Waals surface area contributed by atoms with Crippen molar-refractivity contribution in [2.75, 3.05) is 0 Å². The largest absolute Gasteiger partial charge is 0.456 e. The van der Waals surface area contributed by atoms with Crippen LogP contribution in [0.25, 0.3) is 77.1 Å². The molecule has 0 saturated carbocycles. The Balaban J connectivity index is 1.28. The third-order valence-corrected chi connectivity index (χ3v) is 8.51. The summed E-state index contributed by atoms with van der Waals surface area (Å²) in [6.07, 6.45) is 0. The lowest BCUT2D eigenvalue weighted by Crippen LogP contribution is -2.38. The zero-order valence-electron chi connectivity index (χ0n) is 23.3. The van der Waals surface area contributed by atoms with E-state index < -0.39 is 5.69 Å². The van der Waals surface area contributed by atoms with Gasteiger partial charge in [-0.2, -0.15) is 0 Å². The third kappa shape index (κ3) is 3.55. The molecule has 3 heterocycles. The van der Waals surface area contributed by atoms with Crippen LogP contribution < -0.4 is 11.2 Å². The molecule has 0 spiro atoms. The smallest absolute Gasteiger partial charge is 0.340 e. The summed E-state index contributed by atoms with van der Waals surface area (Å²) in [6, 6.07) is 42.8. The summed E-state index contributed by atoms with van der Waals surface area (Å²) in [5.74, 6) is 0. The quantitative estimate of drug-likeness (QED) is 0.232. The number of hydrogen-bond acceptors (Lipinski definition) is 3. The lowest BCUT2D eigenvalue weighted by molar-refractivity contribution is 0.669. The Morgan fingerprint density at radius 1 is 0.477 bits per heavy atom. The van der Waals surface area contributed by atoms with Gasteiger partial charge in [0.2, 0.25) is 0 Å². The summed E-state index contributed by atoms with van der Waals surface area (Å²) in [5, 5.41) is 4.76. The van der Waals surface area contributed by atoms with E-state index in [-0.39, 0.29) is 5.56 Å². The molecule has 6 nitrogen and oxygen atoms in total. The molecule has 0 saturated heterocycles. The van der Waals surface area contributed by atoms with Crippen molar-refractivity contribution >= 4 is 54.6 Å². The maximum atomic E-state index is 14.0. The summed E-state index contributed by atoms with van der Waals surface area (Å²) < 4.78 is 9.04. The molecule has 0 unspecified atom stereocenters. The van der Waals surface area contributed by atoms with E-state index in [4.69, 9.17) is 4.42 Å². The standard InChI is InChI=1S/C38H23N3O3/c42-37-31-20-24(16-18-34(31)40(25-9-3-1-4-10-25)38(43)41(37)26-11-5-2-6-12-26)23-15-17-32-28(19-23)29-22-36-30(21-33(29)39-32)27-13-7-8-14-35(27)44-36/h1-22,39H. The Kier molecular flexibility index (Phi) is 5.10. The van der Waals surface area contributed by atoms with Gasteiger partial charge in [0.15, 0.2) is 0 Å². The van der Waals surface area contributed by atoms with Crippen LogP contribution in [0.3, 0.4) is 0 Å². The molecule has 44 heavy (non-hydrogen) atoms. The number of aromatic nitrogens is 3. The molecule has 208 valence electrons. The molecule has 1 N–H and O–H groups in total. The number of para-hydroxylation sites is 3. The van der Waals surface area contributed by atoms with Crippen LogP contribution in [0.15, 0.2) is 147 Å². The highest BCUT2D eigenvalue weighted by molar-refractivity contribution is 6.16. The first-order chi connectivity index (χ1) is 21.6. The van der Waals surface area contributed by atoms with Gasteiger partial charge in [0.1, 0.15) is 11.2 Å². The third-order valence-electron chi connectivity index (χ3n) is 8.51. The molecular weight excluding hydrogens is 546 g/mol. The van der Waals surface area contributed by atoms with Gasteiger partial charge in [-0.25, -0.2) is 9.36 Å². The van der Waals surface area contributed by atoms with Gasteiger partial charge in [0.05, 0.1) is 22.3 Å². The van der Waals surface area contributed by atoms with E-state index in [1.165, 1.54) is 4.57 Å². The highest BCUT2D eigenvalue weighted by atomic mass is 16.3. The van der Waals surface area contributed by atoms with Crippen LogP contribution in [-0.4, -0.2) is 14.1 Å². The van der Waals surface area contributed by atoms with Crippen molar-refractivity contribution in [2.24, 2.45) is 0 Å². The first kappa shape index (κ1) is 24.5. The molecule has 0 amide bonds. The van der Waals surface area contributed by atoms with E-state index in [0.717, 1.165) is 54.9 Å². The molecule has 6 heteroatoms. The van der Waals surface area contributed by atoms with Gasteiger partial charge < -0.3 is 9.40 Å². The Morgan fingerprint density at radius 2 is 1.11 bits per heavy atom. The van der Waals surface area contributed by atoms with Gasteiger partial charge in [0.25, 0.3) is 5.56 Å². The molecule has 0 radical (unpaired) electrons. The van der Waals surface area contributed by atoms with E-state index in [1.807, 2.05) is 84.9 Å². The second-order valence-corrected chi connectivity index (χ2v) is 11.0. The zero-order valence-corrected chi connectivity index (χ0v) is 23.3. The van der Waals surface area contributed by atoms with Crippen molar-refractivity contribution in [2.45, 2.75) is 0 Å². The number of fused-ring (bicyclic) bond motifs is 7. The molecular formula is C38H23N3O3. The highest BCUT2D eigenvalue weighted by Gasteiger charge is 2.17. The van der Waals surface area contributed by atoms with E-state index >= 15 is 0 Å². The minimum absolute atomic E-state index is 0.356. The van der Waals surface area contributed by atoms with Crippen molar-refractivity contribution in [1.82, 2.24) is 14.1 Å². The monoisotopic (exact) mass is 569 g/mol. The summed E-state index contributed by atoms with van der Waals surface area (Å²) >= 11 is 0. The number of aromatic amines is 1.